The highest BCUT2D eigenvalue weighted by molar-refractivity contribution is 6.31. The number of aromatic nitrogens is 1. The smallest absolute Gasteiger partial charge is 0.181 e. The molecule has 2 heterocycles. The molecule has 8 heteroatoms. The van der Waals surface area contributed by atoms with Crippen LogP contribution in [0.2, 0.25) is 5.02 Å². The van der Waals surface area contributed by atoms with Gasteiger partial charge >= 0.3 is 0 Å². The van der Waals surface area contributed by atoms with Gasteiger partial charge in [0.05, 0.1) is 25.3 Å². The minimum absolute atomic E-state index is 0.00844. The molecule has 36 heavy (non-hydrogen) atoms. The molecule has 0 radical (unpaired) electrons. The summed E-state index contributed by atoms with van der Waals surface area (Å²) in [6, 6.07) is 11.0. The van der Waals surface area contributed by atoms with Gasteiger partial charge in [0, 0.05) is 24.0 Å². The summed E-state index contributed by atoms with van der Waals surface area (Å²) in [5.74, 6) is 0.633. The number of carbonyl (C=O) groups is 2. The van der Waals surface area contributed by atoms with E-state index in [1.807, 2.05) is 6.92 Å². The number of hydrogen-bond donors (Lipinski definition) is 0. The molecule has 0 unspecified atom stereocenters. The molecule has 0 aliphatic carbocycles. The van der Waals surface area contributed by atoms with Crippen LogP contribution in [-0.2, 0) is 6.42 Å². The molecular weight excluding hydrogens is 485 g/mol. The van der Waals surface area contributed by atoms with Crippen LogP contribution in [0.25, 0.3) is 11.3 Å². The zero-order valence-electron chi connectivity index (χ0n) is 20.2. The van der Waals surface area contributed by atoms with Crippen molar-refractivity contribution >= 4 is 23.2 Å². The highest BCUT2D eigenvalue weighted by Gasteiger charge is 2.23. The molecule has 0 N–H and O–H groups in total. The summed E-state index contributed by atoms with van der Waals surface area (Å²) >= 11 is 5.98. The first kappa shape index (κ1) is 25.6. The molecule has 0 saturated carbocycles. The minimum atomic E-state index is -0.539. The number of benzene rings is 2. The number of pyridine rings is 1. The van der Waals surface area contributed by atoms with E-state index in [4.69, 9.17) is 25.8 Å². The van der Waals surface area contributed by atoms with Crippen LogP contribution in [0.5, 0.6) is 17.2 Å². The van der Waals surface area contributed by atoms with Gasteiger partial charge in [-0.2, -0.15) is 0 Å². The van der Waals surface area contributed by atoms with E-state index in [1.54, 1.807) is 30.3 Å². The topological polar surface area (TPSA) is 74.7 Å². The number of ketones is 2. The molecular formula is C28H27ClFNO5. The molecule has 2 aromatic carbocycles. The van der Waals surface area contributed by atoms with E-state index in [-0.39, 0.29) is 35.1 Å². The fourth-order valence-electron chi connectivity index (χ4n) is 4.02. The van der Waals surface area contributed by atoms with Crippen molar-refractivity contribution in [1.82, 2.24) is 4.98 Å². The van der Waals surface area contributed by atoms with E-state index in [0.717, 1.165) is 24.8 Å². The third kappa shape index (κ3) is 5.68. The predicted octanol–water partition coefficient (Wildman–Crippen LogP) is 6.51. The lowest BCUT2D eigenvalue weighted by atomic mass is 9.98. The molecule has 0 amide bonds. The van der Waals surface area contributed by atoms with Gasteiger partial charge in [-0.15, -0.1) is 0 Å². The summed E-state index contributed by atoms with van der Waals surface area (Å²) in [4.78, 5) is 30.4. The number of carbonyl (C=O) groups excluding carboxylic acids is 2. The molecule has 0 fully saturated rings. The quantitative estimate of drug-likeness (QED) is 0.289. The molecule has 3 aromatic rings. The molecule has 1 aromatic heterocycles. The maximum Gasteiger partial charge on any atom is 0.181 e. The second-order valence-electron chi connectivity index (χ2n) is 8.49. The summed E-state index contributed by atoms with van der Waals surface area (Å²) < 4.78 is 30.5. The van der Waals surface area contributed by atoms with Crippen LogP contribution in [0.15, 0.2) is 42.5 Å². The highest BCUT2D eigenvalue weighted by Crippen LogP contribution is 2.37. The standard InChI is InChI=1S/C28H27ClFNO5/c1-3-12-35-25-11-7-17(16-26(25)34-2)23(32)9-10-24(33)22-15-19-5-4-13-36-28(19)27(31-22)18-6-8-21(30)20(29)14-18/h6-8,11,14-16H,3-5,9-10,12-13H2,1-2H3. The molecule has 0 spiro atoms. The number of aryl methyl sites for hydroxylation is 1. The summed E-state index contributed by atoms with van der Waals surface area (Å²) in [7, 11) is 1.52. The number of Topliss-reactive ketones (excluding diaryl/α,β-unsaturated/α-hetero) is 2. The third-order valence-corrected chi connectivity index (χ3v) is 6.18. The van der Waals surface area contributed by atoms with Gasteiger partial charge in [-0.05, 0) is 67.3 Å². The Kier molecular flexibility index (Phi) is 8.21. The van der Waals surface area contributed by atoms with E-state index >= 15 is 0 Å². The van der Waals surface area contributed by atoms with Crippen LogP contribution in [0.1, 0.15) is 59.0 Å². The van der Waals surface area contributed by atoms with E-state index in [9.17, 15) is 14.0 Å². The SMILES string of the molecule is CCCOc1ccc(C(=O)CCC(=O)c2cc3c(c(-c4ccc(F)c(Cl)c4)n2)OCCC3)cc1OC. The second kappa shape index (κ2) is 11.5. The van der Waals surface area contributed by atoms with Gasteiger partial charge in [0.2, 0.25) is 0 Å². The van der Waals surface area contributed by atoms with Crippen molar-refractivity contribution in [2.75, 3.05) is 20.3 Å². The molecule has 188 valence electrons. The van der Waals surface area contributed by atoms with Gasteiger partial charge in [-0.3, -0.25) is 9.59 Å². The number of methoxy groups -OCH3 is 1. The second-order valence-corrected chi connectivity index (χ2v) is 8.89. The average molecular weight is 512 g/mol. The Morgan fingerprint density at radius 1 is 1.08 bits per heavy atom. The van der Waals surface area contributed by atoms with Crippen LogP contribution in [0.3, 0.4) is 0 Å². The Hall–Kier alpha value is -3.45. The first-order valence-corrected chi connectivity index (χ1v) is 12.3. The molecule has 1 aliphatic rings. The molecule has 0 bridgehead atoms. The maximum atomic E-state index is 13.7. The van der Waals surface area contributed by atoms with Crippen molar-refractivity contribution in [3.8, 4) is 28.5 Å². The molecule has 0 atom stereocenters. The maximum absolute atomic E-state index is 13.7. The fraction of sp³-hybridized carbons (Fsp3) is 0.321. The first-order chi connectivity index (χ1) is 17.4. The monoisotopic (exact) mass is 511 g/mol. The number of rotatable bonds is 10. The van der Waals surface area contributed by atoms with Crippen molar-refractivity contribution in [3.63, 3.8) is 0 Å². The van der Waals surface area contributed by atoms with Crippen LogP contribution >= 0.6 is 11.6 Å². The van der Waals surface area contributed by atoms with Gasteiger partial charge in [-0.25, -0.2) is 9.37 Å². The summed E-state index contributed by atoms with van der Waals surface area (Å²) in [5, 5.41) is -0.0391. The van der Waals surface area contributed by atoms with Gasteiger partial charge in [0.25, 0.3) is 0 Å². The van der Waals surface area contributed by atoms with E-state index in [0.29, 0.717) is 47.3 Å². The van der Waals surface area contributed by atoms with Crippen LogP contribution in [0, 0.1) is 5.82 Å². The van der Waals surface area contributed by atoms with E-state index < -0.39 is 5.82 Å². The Morgan fingerprint density at radius 3 is 2.64 bits per heavy atom. The number of halogens is 2. The first-order valence-electron chi connectivity index (χ1n) is 11.9. The summed E-state index contributed by atoms with van der Waals surface area (Å²) in [6.45, 7) is 3.08. The summed E-state index contributed by atoms with van der Waals surface area (Å²) in [5.41, 5.74) is 2.54. The Morgan fingerprint density at radius 2 is 1.89 bits per heavy atom. The van der Waals surface area contributed by atoms with Crippen molar-refractivity contribution in [2.24, 2.45) is 0 Å². The predicted molar refractivity (Wildman–Crippen MR) is 135 cm³/mol. The number of ether oxygens (including phenoxy) is 3. The zero-order valence-corrected chi connectivity index (χ0v) is 21.0. The summed E-state index contributed by atoms with van der Waals surface area (Å²) in [6.07, 6.45) is 2.40. The van der Waals surface area contributed by atoms with Gasteiger partial charge in [0.15, 0.2) is 23.1 Å². The third-order valence-electron chi connectivity index (χ3n) is 5.89. The van der Waals surface area contributed by atoms with Gasteiger partial charge in [0.1, 0.15) is 23.0 Å². The molecule has 4 rings (SSSR count). The van der Waals surface area contributed by atoms with Gasteiger partial charge in [-0.1, -0.05) is 18.5 Å². The van der Waals surface area contributed by atoms with Crippen molar-refractivity contribution < 1.29 is 28.2 Å². The molecule has 6 nitrogen and oxygen atoms in total. The Bertz CT molecular complexity index is 1290. The number of nitrogens with zero attached hydrogens (tertiary/aromatic N) is 1. The zero-order chi connectivity index (χ0) is 25.7. The number of fused-ring (bicyclic) bond motifs is 1. The van der Waals surface area contributed by atoms with Crippen molar-refractivity contribution in [1.29, 1.82) is 0 Å². The van der Waals surface area contributed by atoms with Crippen molar-refractivity contribution in [2.45, 2.75) is 39.0 Å². The van der Waals surface area contributed by atoms with E-state index in [2.05, 4.69) is 4.98 Å². The van der Waals surface area contributed by atoms with Gasteiger partial charge < -0.3 is 14.2 Å². The lowest BCUT2D eigenvalue weighted by Gasteiger charge is -2.21. The average Bonchev–Trinajstić information content (AvgIpc) is 2.91. The normalized spacial score (nSPS) is 12.4. The van der Waals surface area contributed by atoms with Crippen LogP contribution in [0.4, 0.5) is 4.39 Å². The van der Waals surface area contributed by atoms with Crippen LogP contribution < -0.4 is 14.2 Å². The Balaban J connectivity index is 1.53. The molecule has 1 aliphatic heterocycles. The van der Waals surface area contributed by atoms with E-state index in [1.165, 1.54) is 19.2 Å². The van der Waals surface area contributed by atoms with Crippen LogP contribution in [-0.4, -0.2) is 36.9 Å². The highest BCUT2D eigenvalue weighted by atomic mass is 35.5. The molecule has 0 saturated heterocycles. The van der Waals surface area contributed by atoms with Crippen molar-refractivity contribution in [3.05, 3.63) is 70.1 Å². The Labute approximate surface area is 214 Å². The lowest BCUT2D eigenvalue weighted by Crippen LogP contribution is -2.14. The largest absolute Gasteiger partial charge is 0.493 e. The number of hydrogen-bond acceptors (Lipinski definition) is 6. The minimum Gasteiger partial charge on any atom is -0.493 e. The lowest BCUT2D eigenvalue weighted by molar-refractivity contribution is 0.0914. The fourth-order valence-corrected chi connectivity index (χ4v) is 4.20.